The number of hydrogen-bond donors (Lipinski definition) is 4. The molecular weight excluding hydrogens is 783 g/mol. The van der Waals surface area contributed by atoms with Crippen LogP contribution in [0.25, 0.3) is 10.8 Å². The number of rotatable bonds is 12. The maximum absolute atomic E-state index is 12.2. The van der Waals surface area contributed by atoms with Gasteiger partial charge in [0.2, 0.25) is 11.9 Å². The number of benzene rings is 3. The van der Waals surface area contributed by atoms with Gasteiger partial charge in [-0.1, -0.05) is 18.9 Å². The van der Waals surface area contributed by atoms with E-state index in [-0.39, 0.29) is 151 Å². The van der Waals surface area contributed by atoms with Crippen LogP contribution in [0.15, 0.2) is 62.5 Å². The van der Waals surface area contributed by atoms with Crippen molar-refractivity contribution in [2.45, 2.75) is 9.79 Å². The van der Waals surface area contributed by atoms with Crippen LogP contribution in [0.2, 0.25) is 0 Å². The first kappa shape index (κ1) is 51.6. The van der Waals surface area contributed by atoms with Gasteiger partial charge >= 0.3 is 88.7 Å². The molecule has 0 saturated carbocycles. The first-order valence-electron chi connectivity index (χ1n) is 11.9. The number of nitrogens with one attached hydrogen (secondary N) is 2. The topological polar surface area (TPSA) is 340 Å². The van der Waals surface area contributed by atoms with Gasteiger partial charge in [-0.2, -0.15) is 28.5 Å². The molecule has 0 unspecified atom stereocenters. The SMILES string of the molecule is C#CN(C#C)c1nc(NC#CSOO[O-])nc(Nc2ccc(N=Nc3c(N)ccc4cc(SOO[O-])cc(O)c34)c(S(=O)(=O)[O-])c2)n1.O.O.[Na+].[Na+].[Na+]. The number of terminal acetylenes is 2. The molecule has 52 heavy (non-hydrogen) atoms. The summed E-state index contributed by atoms with van der Waals surface area (Å²) in [5.74, 6) is -0.975. The van der Waals surface area contributed by atoms with Crippen LogP contribution in [0, 0.1) is 36.2 Å². The minimum absolute atomic E-state index is 0. The van der Waals surface area contributed by atoms with Gasteiger partial charge in [0, 0.05) is 34.0 Å². The van der Waals surface area contributed by atoms with Gasteiger partial charge in [-0.05, 0) is 41.8 Å². The molecular formula is C25H18N9Na3O12S3. The second-order valence-corrected chi connectivity index (χ2v) is 10.8. The number of azo groups is 1. The zero-order chi connectivity index (χ0) is 34.0. The zero-order valence-corrected chi connectivity index (χ0v) is 35.3. The molecule has 0 fully saturated rings. The van der Waals surface area contributed by atoms with Crippen LogP contribution < -0.4 is 120 Å². The molecule has 3 aromatic carbocycles. The Bertz CT molecular complexity index is 2100. The number of nitrogen functional groups attached to an aromatic ring is 1. The summed E-state index contributed by atoms with van der Waals surface area (Å²) in [6.45, 7) is 0. The van der Waals surface area contributed by atoms with Crippen molar-refractivity contribution in [3.8, 4) is 42.0 Å². The van der Waals surface area contributed by atoms with Crippen LogP contribution in [0.4, 0.5) is 40.6 Å². The van der Waals surface area contributed by atoms with Crippen LogP contribution in [0.1, 0.15) is 0 Å². The van der Waals surface area contributed by atoms with Gasteiger partial charge in [-0.15, -0.1) is 10.2 Å². The Balaban J connectivity index is 0. The molecule has 256 valence electrons. The summed E-state index contributed by atoms with van der Waals surface area (Å²) in [6.07, 6.45) is 10.8. The Morgan fingerprint density at radius 2 is 1.62 bits per heavy atom. The molecule has 0 amide bonds. The summed E-state index contributed by atoms with van der Waals surface area (Å²) in [4.78, 5) is 12.5. The van der Waals surface area contributed by atoms with Crippen LogP contribution in [-0.2, 0) is 28.9 Å². The smallest absolute Gasteiger partial charge is 0.744 e. The average molecular weight is 802 g/mol. The van der Waals surface area contributed by atoms with Gasteiger partial charge in [0.05, 0.1) is 28.0 Å². The van der Waals surface area contributed by atoms with Gasteiger partial charge in [0.1, 0.15) is 39.3 Å². The van der Waals surface area contributed by atoms with E-state index in [4.69, 9.17) is 18.6 Å². The van der Waals surface area contributed by atoms with E-state index in [1.165, 1.54) is 24.3 Å². The van der Waals surface area contributed by atoms with Crippen LogP contribution >= 0.6 is 24.1 Å². The van der Waals surface area contributed by atoms with Crippen molar-refractivity contribution in [2.75, 3.05) is 21.3 Å². The van der Waals surface area contributed by atoms with Crippen molar-refractivity contribution in [1.82, 2.24) is 15.0 Å². The number of anilines is 5. The van der Waals surface area contributed by atoms with E-state index < -0.39 is 15.0 Å². The van der Waals surface area contributed by atoms with Gasteiger partial charge in [-0.3, -0.25) is 15.4 Å². The predicted molar refractivity (Wildman–Crippen MR) is 168 cm³/mol. The standard InChI is InChI=1S/C25H17N9O10S3.3Na.2H2O/c1-3-34(4-2)25-30-23(27-9-10-45-43-41-36)29-24(31-25)28-15-6-8-18(20(12-15)47(38,39)40)32-33-22-17(26)7-5-14-11-16(46-44-42-37)13-19(35)21(14)22;;;;;/h1-2,5-8,11-13,35-37H,26H2,(H,38,39,40)(H2,27,28,29,30,31);;;;2*1H2/q;3*+1;;/p-3. The Morgan fingerprint density at radius 3 is 2.25 bits per heavy atom. The van der Waals surface area contributed by atoms with Crippen molar-refractivity contribution >= 4 is 85.6 Å². The molecule has 0 aliphatic carbocycles. The molecule has 0 bridgehead atoms. The largest absolute Gasteiger partial charge is 1.00 e. The summed E-state index contributed by atoms with van der Waals surface area (Å²) in [7, 11) is -5.16. The molecule has 0 aliphatic heterocycles. The minimum atomic E-state index is -5.16. The van der Waals surface area contributed by atoms with Crippen molar-refractivity contribution in [2.24, 2.45) is 10.2 Å². The summed E-state index contributed by atoms with van der Waals surface area (Å²) in [6, 6.07) is 15.8. The molecule has 0 saturated heterocycles. The normalized spacial score (nSPS) is 9.94. The number of phenolic OH excluding ortho intramolecular Hbond substituents is 1. The summed E-state index contributed by atoms with van der Waals surface area (Å²) >= 11 is 0.889. The van der Waals surface area contributed by atoms with Crippen molar-refractivity contribution < 1.29 is 147 Å². The van der Waals surface area contributed by atoms with E-state index in [0.29, 0.717) is 34.4 Å². The molecule has 4 rings (SSSR count). The summed E-state index contributed by atoms with van der Waals surface area (Å²) < 4.78 is 45.0. The van der Waals surface area contributed by atoms with Gasteiger partial charge < -0.3 is 42.2 Å². The summed E-state index contributed by atoms with van der Waals surface area (Å²) in [5, 5.41) is 53.0. The maximum atomic E-state index is 12.2. The Morgan fingerprint density at radius 1 is 0.942 bits per heavy atom. The second kappa shape index (κ2) is 24.7. The predicted octanol–water partition coefficient (Wildman–Crippen LogP) is -8.84. The molecule has 1 heterocycles. The first-order valence-corrected chi connectivity index (χ1v) is 14.8. The molecule has 9 N–H and O–H groups in total. The van der Waals surface area contributed by atoms with E-state index in [2.05, 4.69) is 77.9 Å². The van der Waals surface area contributed by atoms with E-state index in [0.717, 1.165) is 17.0 Å². The van der Waals surface area contributed by atoms with Crippen molar-refractivity contribution in [1.29, 1.82) is 0 Å². The number of aromatic nitrogens is 3. The first-order chi connectivity index (χ1) is 22.6. The third-order valence-electron chi connectivity index (χ3n) is 5.39. The molecule has 27 heteroatoms. The fraction of sp³-hybridized carbons (Fsp3) is 0. The molecule has 21 nitrogen and oxygen atoms in total. The van der Waals surface area contributed by atoms with E-state index in [9.17, 15) is 28.6 Å². The second-order valence-electron chi connectivity index (χ2n) is 8.17. The van der Waals surface area contributed by atoms with Crippen LogP contribution in [0.5, 0.6) is 5.75 Å². The number of fused-ring (bicyclic) bond motifs is 1. The fourth-order valence-corrected chi connectivity index (χ4v) is 4.83. The van der Waals surface area contributed by atoms with Gasteiger partial charge in [0.15, 0.2) is 0 Å². The molecule has 0 spiro atoms. The van der Waals surface area contributed by atoms with E-state index in [1.807, 2.05) is 0 Å². The maximum Gasteiger partial charge on any atom is 1.00 e. The fourth-order valence-electron chi connectivity index (χ4n) is 3.59. The number of hydrogen-bond acceptors (Lipinski definition) is 21. The zero-order valence-electron chi connectivity index (χ0n) is 26.8. The number of phenols is 1. The number of nitrogens with two attached hydrogens (primary N) is 1. The number of aromatic hydroxyl groups is 1. The monoisotopic (exact) mass is 801 g/mol. The molecule has 0 atom stereocenters. The Kier molecular flexibility index (Phi) is 24.6. The molecule has 4 aromatic rings. The van der Waals surface area contributed by atoms with E-state index in [1.54, 1.807) is 6.07 Å². The minimum Gasteiger partial charge on any atom is -0.744 e. The third kappa shape index (κ3) is 14.0. The van der Waals surface area contributed by atoms with E-state index >= 15 is 0 Å². The van der Waals surface area contributed by atoms with Gasteiger partial charge in [0.25, 0.3) is 5.95 Å². The van der Waals surface area contributed by atoms with Crippen LogP contribution in [0.3, 0.4) is 0 Å². The summed E-state index contributed by atoms with van der Waals surface area (Å²) in [5.41, 5.74) is 5.68. The molecule has 0 aliphatic rings. The Labute approximate surface area is 369 Å². The van der Waals surface area contributed by atoms with Crippen LogP contribution in [-0.4, -0.2) is 44.0 Å². The molecule has 1 aromatic heterocycles. The quantitative estimate of drug-likeness (QED) is 0.00987. The Hall–Kier alpha value is -2.50. The third-order valence-corrected chi connectivity index (χ3v) is 7.11. The van der Waals surface area contributed by atoms with Crippen molar-refractivity contribution in [3.63, 3.8) is 0 Å². The van der Waals surface area contributed by atoms with Gasteiger partial charge in [-0.25, -0.2) is 8.42 Å². The average Bonchev–Trinajstić information content (AvgIpc) is 3.04. The van der Waals surface area contributed by atoms with Crippen molar-refractivity contribution in [3.05, 3.63) is 42.5 Å². The molecule has 0 radical (unpaired) electrons. The number of nitrogens with zero attached hydrogens (tertiary/aromatic N) is 6.